The number of amides is 2. The number of hydrogen-bond acceptors (Lipinski definition) is 4. The third-order valence-corrected chi connectivity index (χ3v) is 7.70. The van der Waals surface area contributed by atoms with E-state index in [1.807, 2.05) is 33.7 Å². The maximum Gasteiger partial charge on any atom is 0.250 e. The zero-order chi connectivity index (χ0) is 22.8. The van der Waals surface area contributed by atoms with Crippen LogP contribution in [0.2, 0.25) is 0 Å². The molecule has 2 aromatic rings. The number of furan rings is 1. The number of aromatic nitrogens is 1. The van der Waals surface area contributed by atoms with Crippen LogP contribution >= 0.6 is 0 Å². The number of fused-ring (bicyclic) bond motifs is 4. The van der Waals surface area contributed by atoms with Crippen molar-refractivity contribution in [3.05, 3.63) is 58.4 Å². The second-order valence-corrected chi connectivity index (χ2v) is 10.00. The Kier molecular flexibility index (Phi) is 6.38. The summed E-state index contributed by atoms with van der Waals surface area (Å²) in [6.07, 6.45) is 8.41. The van der Waals surface area contributed by atoms with Gasteiger partial charge in [-0.15, -0.1) is 0 Å². The fourth-order valence-corrected chi connectivity index (χ4v) is 6.09. The number of pyridine rings is 1. The van der Waals surface area contributed by atoms with Gasteiger partial charge >= 0.3 is 0 Å². The van der Waals surface area contributed by atoms with Crippen LogP contribution in [-0.2, 0) is 22.6 Å². The first-order valence-corrected chi connectivity index (χ1v) is 12.4. The fourth-order valence-electron chi connectivity index (χ4n) is 6.09. The van der Waals surface area contributed by atoms with Crippen LogP contribution in [0.5, 0.6) is 0 Å². The highest BCUT2D eigenvalue weighted by Crippen LogP contribution is 2.35. The molecule has 2 aromatic heterocycles. The minimum Gasteiger partial charge on any atom is -0.469 e. The molecule has 4 atom stereocenters. The molecule has 1 saturated heterocycles. The molecule has 3 aliphatic rings. The first kappa shape index (κ1) is 22.0. The van der Waals surface area contributed by atoms with E-state index in [9.17, 15) is 14.4 Å². The summed E-state index contributed by atoms with van der Waals surface area (Å²) in [6, 6.07) is 9.47. The topological polar surface area (TPSA) is 84.5 Å². The van der Waals surface area contributed by atoms with Crippen LogP contribution in [0.3, 0.4) is 0 Å². The SMILES string of the molecule is O=C(CCC(=O)N1C[C@@H]2C[C@@H](C1)c1cccc(=O)n1C2)N[C@@H]1CCCC[C@@H]1Cc1ccco1. The fraction of sp³-hybridized carbons (Fsp3) is 0.577. The lowest BCUT2D eigenvalue weighted by molar-refractivity contribution is -0.136. The summed E-state index contributed by atoms with van der Waals surface area (Å²) in [7, 11) is 0. The number of carbonyl (C=O) groups excluding carboxylic acids is 2. The van der Waals surface area contributed by atoms with Crippen LogP contribution in [0, 0.1) is 11.8 Å². The Hall–Kier alpha value is -2.83. The molecule has 1 N–H and O–H groups in total. The van der Waals surface area contributed by atoms with E-state index < -0.39 is 0 Å². The van der Waals surface area contributed by atoms with Crippen molar-refractivity contribution >= 4 is 11.8 Å². The molecule has 2 fully saturated rings. The van der Waals surface area contributed by atoms with Gasteiger partial charge in [0.2, 0.25) is 11.8 Å². The number of likely N-dealkylation sites (tertiary alicyclic amines) is 1. The van der Waals surface area contributed by atoms with Crippen LogP contribution in [0.25, 0.3) is 0 Å². The summed E-state index contributed by atoms with van der Waals surface area (Å²) in [5.41, 5.74) is 1.08. The van der Waals surface area contributed by atoms with Gasteiger partial charge in [0, 0.05) is 62.6 Å². The number of carbonyl (C=O) groups is 2. The molecular formula is C26H33N3O4. The Morgan fingerprint density at radius 3 is 2.76 bits per heavy atom. The van der Waals surface area contributed by atoms with E-state index in [1.165, 1.54) is 6.42 Å². The van der Waals surface area contributed by atoms with Crippen molar-refractivity contribution in [1.29, 1.82) is 0 Å². The van der Waals surface area contributed by atoms with Gasteiger partial charge in [0.05, 0.1) is 6.26 Å². The van der Waals surface area contributed by atoms with Crippen LogP contribution < -0.4 is 10.9 Å². The summed E-state index contributed by atoms with van der Waals surface area (Å²) in [5.74, 6) is 1.87. The maximum atomic E-state index is 12.9. The van der Waals surface area contributed by atoms with Gasteiger partial charge in [-0.05, 0) is 49.3 Å². The van der Waals surface area contributed by atoms with Crippen molar-refractivity contribution in [2.24, 2.45) is 11.8 Å². The number of hydrogen-bond donors (Lipinski definition) is 1. The number of rotatable bonds is 6. The van der Waals surface area contributed by atoms with Crippen LogP contribution in [0.4, 0.5) is 0 Å². The summed E-state index contributed by atoms with van der Waals surface area (Å²) in [4.78, 5) is 39.8. The molecule has 2 amide bonds. The Bertz CT molecular complexity index is 1040. The number of nitrogens with zero attached hydrogens (tertiary/aromatic N) is 2. The quantitative estimate of drug-likeness (QED) is 0.732. The average Bonchev–Trinajstić information content (AvgIpc) is 3.32. The largest absolute Gasteiger partial charge is 0.469 e. The van der Waals surface area contributed by atoms with Gasteiger partial charge in [0.1, 0.15) is 5.76 Å². The van der Waals surface area contributed by atoms with E-state index in [-0.39, 0.29) is 42.2 Å². The zero-order valence-electron chi connectivity index (χ0n) is 19.1. The predicted molar refractivity (Wildman–Crippen MR) is 124 cm³/mol. The molecule has 1 saturated carbocycles. The number of nitrogens with one attached hydrogen (secondary N) is 1. The van der Waals surface area contributed by atoms with Crippen molar-refractivity contribution in [2.75, 3.05) is 13.1 Å². The minimum absolute atomic E-state index is 0.0335. The average molecular weight is 452 g/mol. The van der Waals surface area contributed by atoms with E-state index in [1.54, 1.807) is 12.3 Å². The van der Waals surface area contributed by atoms with E-state index >= 15 is 0 Å². The highest BCUT2D eigenvalue weighted by atomic mass is 16.3. The predicted octanol–water partition coefficient (Wildman–Crippen LogP) is 3.08. The summed E-state index contributed by atoms with van der Waals surface area (Å²) in [6.45, 7) is 1.98. The molecule has 0 aromatic carbocycles. The molecular weight excluding hydrogens is 418 g/mol. The summed E-state index contributed by atoms with van der Waals surface area (Å²) < 4.78 is 7.39. The smallest absolute Gasteiger partial charge is 0.250 e. The molecule has 7 nitrogen and oxygen atoms in total. The summed E-state index contributed by atoms with van der Waals surface area (Å²) in [5, 5.41) is 3.21. The van der Waals surface area contributed by atoms with Crippen molar-refractivity contribution in [2.45, 2.75) is 69.9 Å². The molecule has 0 unspecified atom stereocenters. The molecule has 5 rings (SSSR count). The Labute approximate surface area is 194 Å². The van der Waals surface area contributed by atoms with Gasteiger partial charge in [-0.2, -0.15) is 0 Å². The molecule has 176 valence electrons. The minimum atomic E-state index is -0.0335. The van der Waals surface area contributed by atoms with Crippen LogP contribution in [0.1, 0.15) is 62.3 Å². The van der Waals surface area contributed by atoms with Gasteiger partial charge in [0.15, 0.2) is 0 Å². The highest BCUT2D eigenvalue weighted by Gasteiger charge is 2.36. The lowest BCUT2D eigenvalue weighted by atomic mass is 9.81. The monoisotopic (exact) mass is 451 g/mol. The van der Waals surface area contributed by atoms with Crippen molar-refractivity contribution < 1.29 is 14.0 Å². The Morgan fingerprint density at radius 2 is 1.91 bits per heavy atom. The highest BCUT2D eigenvalue weighted by molar-refractivity contribution is 5.84. The van der Waals surface area contributed by atoms with E-state index in [2.05, 4.69) is 5.32 Å². The molecule has 33 heavy (non-hydrogen) atoms. The van der Waals surface area contributed by atoms with Crippen LogP contribution in [-0.4, -0.2) is 40.4 Å². The second-order valence-electron chi connectivity index (χ2n) is 10.00. The molecule has 2 aliphatic heterocycles. The Morgan fingerprint density at radius 1 is 1.03 bits per heavy atom. The van der Waals surface area contributed by atoms with Crippen molar-refractivity contribution in [3.63, 3.8) is 0 Å². The van der Waals surface area contributed by atoms with Gasteiger partial charge in [-0.25, -0.2) is 0 Å². The van der Waals surface area contributed by atoms with Gasteiger partial charge in [-0.1, -0.05) is 18.9 Å². The standard InChI is InChI=1S/C26H33N3O4/c30-24(27-22-7-2-1-5-19(22)14-21-6-4-12-33-21)10-11-25(31)28-15-18-13-20(17-28)23-8-3-9-26(32)29(23)16-18/h3-4,6,8-9,12,18-20,22H,1-2,5,7,10-11,13-17H2,(H,27,30)/t18-,19+,20-,22+/m0/s1. The van der Waals surface area contributed by atoms with Crippen molar-refractivity contribution in [1.82, 2.24) is 14.8 Å². The van der Waals surface area contributed by atoms with Gasteiger partial charge in [0.25, 0.3) is 5.56 Å². The van der Waals surface area contributed by atoms with E-state index in [0.717, 1.165) is 43.6 Å². The molecule has 1 aliphatic carbocycles. The zero-order valence-corrected chi connectivity index (χ0v) is 19.1. The maximum absolute atomic E-state index is 12.9. The first-order chi connectivity index (χ1) is 16.1. The third-order valence-electron chi connectivity index (χ3n) is 7.70. The third kappa shape index (κ3) is 4.92. The first-order valence-electron chi connectivity index (χ1n) is 12.4. The molecule has 0 radical (unpaired) electrons. The molecule has 2 bridgehead atoms. The van der Waals surface area contributed by atoms with Gasteiger partial charge in [-0.3, -0.25) is 14.4 Å². The van der Waals surface area contributed by atoms with E-state index in [4.69, 9.17) is 4.42 Å². The Balaban J connectivity index is 1.13. The molecule has 4 heterocycles. The second kappa shape index (κ2) is 9.57. The summed E-state index contributed by atoms with van der Waals surface area (Å²) >= 11 is 0. The molecule has 7 heteroatoms. The number of piperidine rings is 1. The lowest BCUT2D eigenvalue weighted by Crippen LogP contribution is -2.49. The van der Waals surface area contributed by atoms with Crippen molar-refractivity contribution in [3.8, 4) is 0 Å². The normalized spacial score (nSPS) is 26.5. The lowest BCUT2D eigenvalue weighted by Gasteiger charge is -2.42. The molecule has 0 spiro atoms. The van der Waals surface area contributed by atoms with Gasteiger partial charge < -0.3 is 19.2 Å². The van der Waals surface area contributed by atoms with E-state index in [0.29, 0.717) is 31.5 Å². The van der Waals surface area contributed by atoms with Crippen LogP contribution in [0.15, 0.2) is 45.8 Å².